The molecule has 0 unspecified atom stereocenters. The van der Waals surface area contributed by atoms with Crippen LogP contribution in [-0.4, -0.2) is 24.7 Å². The van der Waals surface area contributed by atoms with Gasteiger partial charge in [0, 0.05) is 16.5 Å². The van der Waals surface area contributed by atoms with Gasteiger partial charge in [0.25, 0.3) is 0 Å². The lowest BCUT2D eigenvalue weighted by molar-refractivity contribution is -0.254. The molecule has 0 aliphatic carbocycles. The zero-order chi connectivity index (χ0) is 17.8. The fourth-order valence-corrected chi connectivity index (χ4v) is 2.67. The first-order chi connectivity index (χ1) is 12.1. The van der Waals surface area contributed by atoms with E-state index < -0.39 is 5.97 Å². The number of rotatable bonds is 6. The van der Waals surface area contributed by atoms with Crippen LogP contribution in [0.1, 0.15) is 23.7 Å². The number of benzene rings is 2. The number of ether oxygens (including phenoxy) is 2. The van der Waals surface area contributed by atoms with Crippen LogP contribution in [0, 0.1) is 0 Å². The summed E-state index contributed by atoms with van der Waals surface area (Å²) in [6.07, 6.45) is 0.907. The summed E-state index contributed by atoms with van der Waals surface area (Å²) in [6.45, 7) is 2.65. The number of aromatic nitrogens is 1. The lowest BCUT2D eigenvalue weighted by Gasteiger charge is -2.13. The molecule has 0 aliphatic rings. The minimum atomic E-state index is -1.25. The van der Waals surface area contributed by atoms with Crippen LogP contribution < -0.4 is 14.6 Å². The van der Waals surface area contributed by atoms with Crippen molar-refractivity contribution >= 4 is 16.9 Å². The molecular weight excluding hydrogens is 318 g/mol. The van der Waals surface area contributed by atoms with E-state index in [1.165, 1.54) is 13.2 Å². The third-order valence-electron chi connectivity index (χ3n) is 3.84. The number of hydrogen-bond acceptors (Lipinski definition) is 5. The van der Waals surface area contributed by atoms with Crippen LogP contribution in [0.15, 0.2) is 48.5 Å². The topological polar surface area (TPSA) is 71.5 Å². The van der Waals surface area contributed by atoms with Crippen molar-refractivity contribution < 1.29 is 19.4 Å². The third-order valence-corrected chi connectivity index (χ3v) is 3.84. The van der Waals surface area contributed by atoms with Crippen LogP contribution in [-0.2, 0) is 0 Å². The van der Waals surface area contributed by atoms with Crippen molar-refractivity contribution in [2.45, 2.75) is 13.3 Å². The smallest absolute Gasteiger partial charge is 0.145 e. The Morgan fingerprint density at radius 3 is 2.68 bits per heavy atom. The molecule has 0 fully saturated rings. The molecule has 2 aromatic carbocycles. The van der Waals surface area contributed by atoms with Gasteiger partial charge in [-0.05, 0) is 30.7 Å². The lowest BCUT2D eigenvalue weighted by Crippen LogP contribution is -2.22. The second kappa shape index (κ2) is 7.21. The van der Waals surface area contributed by atoms with E-state index in [2.05, 4.69) is 4.98 Å². The Labute approximate surface area is 145 Å². The lowest BCUT2D eigenvalue weighted by atomic mass is 10.0. The summed E-state index contributed by atoms with van der Waals surface area (Å²) in [6, 6.07) is 14.1. The number of aromatic carboxylic acids is 1. The van der Waals surface area contributed by atoms with Gasteiger partial charge in [0.05, 0.1) is 25.4 Å². The number of carboxylic acids is 1. The normalized spacial score (nSPS) is 10.6. The quantitative estimate of drug-likeness (QED) is 0.692. The average Bonchev–Trinajstić information content (AvgIpc) is 2.65. The Balaban J connectivity index is 2.18. The monoisotopic (exact) mass is 336 g/mol. The van der Waals surface area contributed by atoms with Crippen molar-refractivity contribution in [3.63, 3.8) is 0 Å². The predicted octanol–water partition coefficient (Wildman–Crippen LogP) is 3.06. The van der Waals surface area contributed by atoms with Gasteiger partial charge in [0.2, 0.25) is 0 Å². The molecule has 128 valence electrons. The molecule has 1 aromatic heterocycles. The van der Waals surface area contributed by atoms with E-state index in [4.69, 9.17) is 9.47 Å². The van der Waals surface area contributed by atoms with Crippen molar-refractivity contribution in [3.05, 3.63) is 54.1 Å². The number of methoxy groups -OCH3 is 1. The summed E-state index contributed by atoms with van der Waals surface area (Å²) >= 11 is 0. The van der Waals surface area contributed by atoms with Crippen LogP contribution in [0.3, 0.4) is 0 Å². The molecule has 5 nitrogen and oxygen atoms in total. The first-order valence-corrected chi connectivity index (χ1v) is 8.06. The number of carboxylic acid groups (broad SMARTS) is 1. The fraction of sp³-hybridized carbons (Fsp3) is 0.200. The number of carbonyl (C=O) groups excluding carboxylic acids is 1. The van der Waals surface area contributed by atoms with Gasteiger partial charge in [-0.25, -0.2) is 4.98 Å². The van der Waals surface area contributed by atoms with Crippen molar-refractivity contribution in [1.82, 2.24) is 4.98 Å². The highest BCUT2D eigenvalue weighted by molar-refractivity contribution is 6.04. The van der Waals surface area contributed by atoms with Crippen molar-refractivity contribution in [2.24, 2.45) is 0 Å². The van der Waals surface area contributed by atoms with Gasteiger partial charge >= 0.3 is 0 Å². The minimum Gasteiger partial charge on any atom is -0.545 e. The molecule has 0 aliphatic heterocycles. The molecule has 0 saturated carbocycles. The summed E-state index contributed by atoms with van der Waals surface area (Å²) in [5, 5.41) is 12.1. The van der Waals surface area contributed by atoms with Gasteiger partial charge in [-0.2, -0.15) is 0 Å². The van der Waals surface area contributed by atoms with E-state index in [0.717, 1.165) is 17.7 Å². The minimum absolute atomic E-state index is 0.0822. The molecule has 25 heavy (non-hydrogen) atoms. The Kier molecular flexibility index (Phi) is 4.84. The van der Waals surface area contributed by atoms with Crippen molar-refractivity contribution in [2.75, 3.05) is 13.7 Å². The maximum absolute atomic E-state index is 11.6. The van der Waals surface area contributed by atoms with Crippen LogP contribution in [0.25, 0.3) is 22.2 Å². The molecule has 0 atom stereocenters. The van der Waals surface area contributed by atoms with Crippen LogP contribution in [0.2, 0.25) is 0 Å². The van der Waals surface area contributed by atoms with Crippen LogP contribution in [0.5, 0.6) is 11.5 Å². The fourth-order valence-electron chi connectivity index (χ4n) is 2.67. The van der Waals surface area contributed by atoms with Gasteiger partial charge in [-0.1, -0.05) is 31.2 Å². The van der Waals surface area contributed by atoms with Gasteiger partial charge in [-0.3, -0.25) is 0 Å². The maximum atomic E-state index is 11.6. The van der Waals surface area contributed by atoms with E-state index in [9.17, 15) is 9.90 Å². The number of fused-ring (bicyclic) bond motifs is 1. The number of para-hydroxylation sites is 1. The highest BCUT2D eigenvalue weighted by Gasteiger charge is 2.12. The summed E-state index contributed by atoms with van der Waals surface area (Å²) in [5.74, 6) is -0.0169. The van der Waals surface area contributed by atoms with E-state index in [0.29, 0.717) is 29.0 Å². The Morgan fingerprint density at radius 2 is 1.96 bits per heavy atom. The molecular formula is C20H18NO4-. The highest BCUT2D eigenvalue weighted by atomic mass is 16.5. The Hall–Kier alpha value is -3.08. The third kappa shape index (κ3) is 3.40. The molecule has 0 radical (unpaired) electrons. The highest BCUT2D eigenvalue weighted by Crippen LogP contribution is 2.31. The summed E-state index contributed by atoms with van der Waals surface area (Å²) < 4.78 is 11.0. The SMILES string of the molecule is CCCOc1cccc(-c2cc(C(=O)[O-])c3cccc(OC)c3n2)c1. The zero-order valence-electron chi connectivity index (χ0n) is 14.1. The molecule has 0 saturated heterocycles. The summed E-state index contributed by atoms with van der Waals surface area (Å²) in [7, 11) is 1.53. The van der Waals surface area contributed by atoms with Gasteiger partial charge in [-0.15, -0.1) is 0 Å². The van der Waals surface area contributed by atoms with Crippen molar-refractivity contribution in [1.29, 1.82) is 0 Å². The van der Waals surface area contributed by atoms with Gasteiger partial charge in [0.1, 0.15) is 17.0 Å². The van der Waals surface area contributed by atoms with Crippen LogP contribution >= 0.6 is 0 Å². The summed E-state index contributed by atoms with van der Waals surface area (Å²) in [4.78, 5) is 16.2. The molecule has 0 N–H and O–H groups in total. The number of hydrogen-bond donors (Lipinski definition) is 0. The van der Waals surface area contributed by atoms with E-state index in [1.54, 1.807) is 18.2 Å². The van der Waals surface area contributed by atoms with Crippen LogP contribution in [0.4, 0.5) is 0 Å². The molecule has 0 bridgehead atoms. The molecule has 3 aromatic rings. The molecule has 0 amide bonds. The van der Waals surface area contributed by atoms with E-state index in [-0.39, 0.29) is 5.56 Å². The standard InChI is InChI=1S/C20H19NO4/c1-3-10-25-14-7-4-6-13(11-14)17-12-16(20(22)23)15-8-5-9-18(24-2)19(15)21-17/h4-9,11-12H,3,10H2,1-2H3,(H,22,23)/p-1. The average molecular weight is 336 g/mol. The number of carbonyl (C=O) groups is 1. The van der Waals surface area contributed by atoms with E-state index in [1.807, 2.05) is 31.2 Å². The van der Waals surface area contributed by atoms with Gasteiger partial charge in [0.15, 0.2) is 0 Å². The van der Waals surface area contributed by atoms with Crippen molar-refractivity contribution in [3.8, 4) is 22.8 Å². The molecule has 0 spiro atoms. The predicted molar refractivity (Wildman–Crippen MR) is 93.8 cm³/mol. The first kappa shape index (κ1) is 16.8. The second-order valence-corrected chi connectivity index (χ2v) is 5.58. The molecule has 3 rings (SSSR count). The zero-order valence-corrected chi connectivity index (χ0v) is 14.1. The number of pyridine rings is 1. The molecule has 5 heteroatoms. The van der Waals surface area contributed by atoms with E-state index >= 15 is 0 Å². The van der Waals surface area contributed by atoms with Gasteiger partial charge < -0.3 is 19.4 Å². The maximum Gasteiger partial charge on any atom is 0.145 e. The number of nitrogens with zero attached hydrogens (tertiary/aromatic N) is 1. The Bertz CT molecular complexity index is 921. The second-order valence-electron chi connectivity index (χ2n) is 5.58. The largest absolute Gasteiger partial charge is 0.545 e. The summed E-state index contributed by atoms with van der Waals surface area (Å²) in [5.41, 5.74) is 1.86. The first-order valence-electron chi connectivity index (χ1n) is 8.06. The molecule has 1 heterocycles. The Morgan fingerprint density at radius 1 is 1.16 bits per heavy atom.